The number of carboxylic acid groups (broad SMARTS) is 1. The van der Waals surface area contributed by atoms with Gasteiger partial charge in [0.1, 0.15) is 6.61 Å². The summed E-state index contributed by atoms with van der Waals surface area (Å²) in [6.07, 6.45) is 52.2. The lowest BCUT2D eigenvalue weighted by atomic mass is 10.0. The lowest BCUT2D eigenvalue weighted by Crippen LogP contribution is -2.50. The average molecular weight is 811 g/mol. The molecule has 0 bridgehead atoms. The number of esters is 2. The van der Waals surface area contributed by atoms with Crippen molar-refractivity contribution in [3.05, 3.63) is 85.1 Å². The zero-order valence-corrected chi connectivity index (χ0v) is 37.5. The third kappa shape index (κ3) is 38.1. The molecule has 8 heteroatoms. The number of rotatable bonds is 39. The van der Waals surface area contributed by atoms with Gasteiger partial charge in [0.15, 0.2) is 12.1 Å². The van der Waals surface area contributed by atoms with Gasteiger partial charge in [-0.1, -0.05) is 176 Å². The van der Waals surface area contributed by atoms with E-state index in [2.05, 4.69) is 44.2 Å². The van der Waals surface area contributed by atoms with E-state index >= 15 is 0 Å². The molecule has 0 saturated carbocycles. The highest BCUT2D eigenvalue weighted by molar-refractivity contribution is 5.72. The summed E-state index contributed by atoms with van der Waals surface area (Å²) in [5, 5.41) is 9.62. The van der Waals surface area contributed by atoms with Crippen molar-refractivity contribution in [2.75, 3.05) is 41.0 Å². The van der Waals surface area contributed by atoms with Gasteiger partial charge >= 0.3 is 17.9 Å². The average Bonchev–Trinajstić information content (AvgIpc) is 3.18. The van der Waals surface area contributed by atoms with Gasteiger partial charge in [0.05, 0.1) is 34.4 Å². The van der Waals surface area contributed by atoms with Gasteiger partial charge in [-0.25, -0.2) is 4.79 Å². The monoisotopic (exact) mass is 811 g/mol. The Balaban J connectivity index is 4.35. The van der Waals surface area contributed by atoms with Crippen molar-refractivity contribution in [1.29, 1.82) is 0 Å². The van der Waals surface area contributed by atoms with E-state index in [0.717, 1.165) is 44.9 Å². The summed E-state index contributed by atoms with van der Waals surface area (Å²) in [6, 6.07) is -0.629. The quantitative estimate of drug-likeness (QED) is 0.0217. The molecule has 0 saturated heterocycles. The number of likely N-dealkylation sites (N-methyl/N-ethyl adjacent to an activating group) is 1. The molecule has 0 radical (unpaired) electrons. The smallest absolute Gasteiger partial charge is 0.362 e. The van der Waals surface area contributed by atoms with Crippen LogP contribution in [-0.4, -0.2) is 80.6 Å². The molecular weight excluding hydrogens is 727 g/mol. The van der Waals surface area contributed by atoms with E-state index in [9.17, 15) is 19.5 Å². The van der Waals surface area contributed by atoms with Crippen molar-refractivity contribution < 1.29 is 38.2 Å². The van der Waals surface area contributed by atoms with E-state index in [1.54, 1.807) is 0 Å². The SMILES string of the molecule is CC/C=C/C=C/C=C/C=C/C=C/CCCC(=O)OCC(COCCC(C(=O)O)[N+](C)(C)C)OC(=O)CCCCCCCCCCCCCCCC/C=C/C/C=C/CC. The van der Waals surface area contributed by atoms with Crippen LogP contribution in [-0.2, 0) is 28.6 Å². The van der Waals surface area contributed by atoms with Gasteiger partial charge in [-0.3, -0.25) is 9.59 Å². The van der Waals surface area contributed by atoms with Gasteiger partial charge in [0.25, 0.3) is 0 Å². The molecule has 8 nitrogen and oxygen atoms in total. The van der Waals surface area contributed by atoms with Gasteiger partial charge < -0.3 is 23.8 Å². The molecule has 330 valence electrons. The first-order chi connectivity index (χ1) is 28.1. The third-order valence-electron chi connectivity index (χ3n) is 9.67. The van der Waals surface area contributed by atoms with Crippen LogP contribution >= 0.6 is 0 Å². The summed E-state index contributed by atoms with van der Waals surface area (Å²) in [6.45, 7) is 4.40. The van der Waals surface area contributed by atoms with Crippen molar-refractivity contribution >= 4 is 17.9 Å². The largest absolute Gasteiger partial charge is 0.477 e. The van der Waals surface area contributed by atoms with E-state index in [4.69, 9.17) is 14.2 Å². The summed E-state index contributed by atoms with van der Waals surface area (Å²) < 4.78 is 17.2. The van der Waals surface area contributed by atoms with Crippen LogP contribution in [0.4, 0.5) is 0 Å². The first-order valence-electron chi connectivity index (χ1n) is 22.7. The number of hydrogen-bond donors (Lipinski definition) is 1. The molecule has 0 aromatic rings. The number of carbonyl (C=O) groups excluding carboxylic acids is 2. The zero-order chi connectivity index (χ0) is 42.8. The van der Waals surface area contributed by atoms with Crippen LogP contribution in [0.2, 0.25) is 0 Å². The number of carboxylic acids is 1. The van der Waals surface area contributed by atoms with Crippen molar-refractivity contribution in [3.8, 4) is 0 Å². The Morgan fingerprint density at radius 2 is 1.02 bits per heavy atom. The van der Waals surface area contributed by atoms with Gasteiger partial charge in [-0.15, -0.1) is 0 Å². The summed E-state index contributed by atoms with van der Waals surface area (Å²) in [4.78, 5) is 37.0. The molecule has 1 N–H and O–H groups in total. The molecule has 0 spiro atoms. The Hall–Kier alpha value is -3.49. The Labute approximate surface area is 354 Å². The molecule has 0 fully saturated rings. The summed E-state index contributed by atoms with van der Waals surface area (Å²) >= 11 is 0. The Morgan fingerprint density at radius 3 is 1.57 bits per heavy atom. The number of unbranched alkanes of at least 4 members (excludes halogenated alkanes) is 15. The number of carbonyl (C=O) groups is 3. The van der Waals surface area contributed by atoms with Crippen LogP contribution < -0.4 is 0 Å². The van der Waals surface area contributed by atoms with Crippen molar-refractivity contribution in [2.45, 2.75) is 174 Å². The minimum absolute atomic E-state index is 0.0344. The molecule has 58 heavy (non-hydrogen) atoms. The zero-order valence-electron chi connectivity index (χ0n) is 37.5. The maximum absolute atomic E-state index is 12.7. The second kappa shape index (κ2) is 40.3. The highest BCUT2D eigenvalue weighted by Crippen LogP contribution is 2.15. The molecule has 0 amide bonds. The Bertz CT molecular complexity index is 1220. The van der Waals surface area contributed by atoms with Crippen LogP contribution in [0.15, 0.2) is 85.1 Å². The topological polar surface area (TPSA) is 99.1 Å². The Morgan fingerprint density at radius 1 is 0.534 bits per heavy atom. The summed E-state index contributed by atoms with van der Waals surface area (Å²) in [5.74, 6) is -1.57. The van der Waals surface area contributed by atoms with Crippen LogP contribution in [0.5, 0.6) is 0 Å². The van der Waals surface area contributed by atoms with Crippen LogP contribution in [0, 0.1) is 0 Å². The molecule has 0 aliphatic rings. The fourth-order valence-corrected chi connectivity index (χ4v) is 6.22. The molecule has 2 unspecified atom stereocenters. The lowest BCUT2D eigenvalue weighted by Gasteiger charge is -2.31. The highest BCUT2D eigenvalue weighted by atomic mass is 16.6. The molecule has 2 atom stereocenters. The number of quaternary nitrogens is 1. The predicted molar refractivity (Wildman–Crippen MR) is 243 cm³/mol. The van der Waals surface area contributed by atoms with Crippen LogP contribution in [0.25, 0.3) is 0 Å². The number of allylic oxidation sites excluding steroid dienone is 14. The summed E-state index contributed by atoms with van der Waals surface area (Å²) in [7, 11) is 5.50. The molecule has 0 heterocycles. The van der Waals surface area contributed by atoms with Gasteiger partial charge in [0, 0.05) is 19.3 Å². The standard InChI is InChI=1S/C50H83NO7/c1-6-8-10-12-14-16-18-20-21-22-23-24-25-26-27-29-31-33-35-37-39-41-49(53)58-46(44-56-43-42-47(50(54)55)51(3,4)5)45-57-48(52)40-38-36-34-32-30-28-19-17-15-13-11-9-7-2/h8-11,13-17,19,28,30,32,34,46-47H,6-7,12,18,20-27,29,31,33,35-45H2,1-5H3/p+1/b10-8+,11-9+,15-13+,16-14+,19-17+,30-28+,34-32+. The number of hydrogen-bond acceptors (Lipinski definition) is 6. The minimum atomic E-state index is -0.888. The van der Waals surface area contributed by atoms with Crippen molar-refractivity contribution in [1.82, 2.24) is 0 Å². The number of ether oxygens (including phenoxy) is 3. The molecule has 0 aromatic heterocycles. The molecular formula is C50H84NO7+. The molecule has 0 aliphatic carbocycles. The third-order valence-corrected chi connectivity index (χ3v) is 9.67. The highest BCUT2D eigenvalue weighted by Gasteiger charge is 2.31. The van der Waals surface area contributed by atoms with Crippen LogP contribution in [0.1, 0.15) is 162 Å². The molecule has 0 aromatic carbocycles. The fourth-order valence-electron chi connectivity index (χ4n) is 6.22. The molecule has 0 rings (SSSR count). The fraction of sp³-hybridized carbons (Fsp3) is 0.660. The maximum atomic E-state index is 12.7. The van der Waals surface area contributed by atoms with Gasteiger partial charge in [-0.05, 0) is 51.4 Å². The first kappa shape index (κ1) is 54.5. The minimum Gasteiger partial charge on any atom is -0.477 e. The molecule has 0 aliphatic heterocycles. The van der Waals surface area contributed by atoms with E-state index in [0.29, 0.717) is 19.3 Å². The van der Waals surface area contributed by atoms with E-state index in [1.165, 1.54) is 77.0 Å². The summed E-state index contributed by atoms with van der Waals surface area (Å²) in [5.41, 5.74) is 0. The maximum Gasteiger partial charge on any atom is 0.362 e. The second-order valence-corrected chi connectivity index (χ2v) is 16.0. The van der Waals surface area contributed by atoms with Crippen LogP contribution in [0.3, 0.4) is 0 Å². The van der Waals surface area contributed by atoms with Crippen molar-refractivity contribution in [3.63, 3.8) is 0 Å². The predicted octanol–water partition coefficient (Wildman–Crippen LogP) is 12.5. The Kier molecular flexibility index (Phi) is 37.9. The van der Waals surface area contributed by atoms with E-state index in [-0.39, 0.29) is 42.7 Å². The lowest BCUT2D eigenvalue weighted by molar-refractivity contribution is -0.887. The van der Waals surface area contributed by atoms with E-state index in [1.807, 2.05) is 75.8 Å². The number of nitrogens with zero attached hydrogens (tertiary/aromatic N) is 1. The number of aliphatic carboxylic acids is 1. The normalized spacial score (nSPS) is 13.7. The van der Waals surface area contributed by atoms with Gasteiger partial charge in [0.2, 0.25) is 0 Å². The first-order valence-corrected chi connectivity index (χ1v) is 22.7. The van der Waals surface area contributed by atoms with Crippen molar-refractivity contribution in [2.24, 2.45) is 0 Å². The second-order valence-electron chi connectivity index (χ2n) is 16.0. The van der Waals surface area contributed by atoms with Gasteiger partial charge in [-0.2, -0.15) is 0 Å². The van der Waals surface area contributed by atoms with E-state index < -0.39 is 18.1 Å².